The van der Waals surface area contributed by atoms with E-state index in [1.165, 1.54) is 12.2 Å². The van der Waals surface area contributed by atoms with Crippen LogP contribution in [0.1, 0.15) is 0 Å². The van der Waals surface area contributed by atoms with Crippen LogP contribution in [-0.2, 0) is 0 Å². The van der Waals surface area contributed by atoms with Crippen LogP contribution in [0.25, 0.3) is 20.9 Å². The van der Waals surface area contributed by atoms with E-state index in [2.05, 4.69) is 20.1 Å². The Morgan fingerprint density at radius 1 is 1.07 bits per heavy atom. The van der Waals surface area contributed by atoms with Crippen LogP contribution in [0.3, 0.4) is 0 Å². The van der Waals surface area contributed by atoms with Crippen molar-refractivity contribution in [2.45, 2.75) is 24.3 Å². The van der Waals surface area contributed by atoms with Crippen molar-refractivity contribution in [3.63, 3.8) is 0 Å². The van der Waals surface area contributed by atoms with Crippen LogP contribution in [0.5, 0.6) is 0 Å². The zero-order valence-electron chi connectivity index (χ0n) is 7.04. The smallest absolute Gasteiger partial charge is 0.0984 e. The van der Waals surface area contributed by atoms with Gasteiger partial charge in [0.15, 0.2) is 0 Å². The SMILES string of the molecule is [N-]=[N+]=NC1C=CC(O)C(O)C1N=[N+]=[N-]. The molecule has 1 aliphatic carbocycles. The van der Waals surface area contributed by atoms with Crippen LogP contribution in [0.4, 0.5) is 0 Å². The third-order valence-electron chi connectivity index (χ3n) is 1.93. The van der Waals surface area contributed by atoms with Crippen molar-refractivity contribution in [2.75, 3.05) is 0 Å². The molecule has 0 spiro atoms. The van der Waals surface area contributed by atoms with Gasteiger partial charge >= 0.3 is 0 Å². The third kappa shape index (κ3) is 1.95. The third-order valence-corrected chi connectivity index (χ3v) is 1.93. The predicted molar refractivity (Wildman–Crippen MR) is 47.0 cm³/mol. The van der Waals surface area contributed by atoms with Crippen molar-refractivity contribution < 1.29 is 10.2 Å². The van der Waals surface area contributed by atoms with Gasteiger partial charge in [-0.15, -0.1) is 0 Å². The normalized spacial score (nSPS) is 35.6. The van der Waals surface area contributed by atoms with Gasteiger partial charge in [-0.1, -0.05) is 22.4 Å². The summed E-state index contributed by atoms with van der Waals surface area (Å²) < 4.78 is 0. The van der Waals surface area contributed by atoms with Crippen LogP contribution in [0, 0.1) is 0 Å². The first-order valence-electron chi connectivity index (χ1n) is 3.83. The van der Waals surface area contributed by atoms with Crippen molar-refractivity contribution in [2.24, 2.45) is 10.2 Å². The van der Waals surface area contributed by atoms with Crippen molar-refractivity contribution in [3.8, 4) is 0 Å². The van der Waals surface area contributed by atoms with Gasteiger partial charge in [0.2, 0.25) is 0 Å². The fourth-order valence-electron chi connectivity index (χ4n) is 1.22. The van der Waals surface area contributed by atoms with Crippen LogP contribution < -0.4 is 0 Å². The predicted octanol–water partition coefficient (Wildman–Crippen LogP) is 0.636. The lowest BCUT2D eigenvalue weighted by molar-refractivity contribution is 0.0227. The summed E-state index contributed by atoms with van der Waals surface area (Å²) >= 11 is 0. The number of nitrogens with zero attached hydrogens (tertiary/aromatic N) is 6. The molecule has 0 heterocycles. The Balaban J connectivity index is 2.98. The van der Waals surface area contributed by atoms with E-state index in [4.69, 9.17) is 11.1 Å². The first kappa shape index (κ1) is 10.4. The summed E-state index contributed by atoms with van der Waals surface area (Å²) in [4.78, 5) is 5.06. The van der Waals surface area contributed by atoms with Crippen molar-refractivity contribution in [1.29, 1.82) is 0 Å². The number of aliphatic hydroxyl groups excluding tert-OH is 2. The quantitative estimate of drug-likeness (QED) is 0.289. The topological polar surface area (TPSA) is 138 Å². The lowest BCUT2D eigenvalue weighted by atomic mass is 9.93. The van der Waals surface area contributed by atoms with Crippen LogP contribution >= 0.6 is 0 Å². The summed E-state index contributed by atoms with van der Waals surface area (Å²) in [6.07, 6.45) is 0.353. The highest BCUT2D eigenvalue weighted by atomic mass is 16.3. The number of hydrogen-bond donors (Lipinski definition) is 2. The lowest BCUT2D eigenvalue weighted by Crippen LogP contribution is -2.44. The van der Waals surface area contributed by atoms with E-state index in [1.807, 2.05) is 0 Å². The first-order valence-corrected chi connectivity index (χ1v) is 3.83. The van der Waals surface area contributed by atoms with Gasteiger partial charge in [-0.25, -0.2) is 0 Å². The molecular weight excluding hydrogens is 188 g/mol. The van der Waals surface area contributed by atoms with Crippen LogP contribution in [0.15, 0.2) is 22.4 Å². The molecule has 0 aliphatic heterocycles. The molecule has 0 fully saturated rings. The van der Waals surface area contributed by atoms with Gasteiger partial charge in [0.1, 0.15) is 0 Å². The molecule has 0 saturated heterocycles. The standard InChI is InChI=1S/C6H8N6O2/c7-11-9-3-1-2-4(13)6(14)5(3)10-12-8/h1-6,13-14H. The number of azide groups is 2. The fourth-order valence-corrected chi connectivity index (χ4v) is 1.22. The van der Waals surface area contributed by atoms with Crippen LogP contribution in [-0.4, -0.2) is 34.5 Å². The van der Waals surface area contributed by atoms with Gasteiger partial charge in [-0.2, -0.15) is 0 Å². The molecule has 74 valence electrons. The molecule has 14 heavy (non-hydrogen) atoms. The van der Waals surface area contributed by atoms with Crippen LogP contribution in [0.2, 0.25) is 0 Å². The molecule has 4 unspecified atom stereocenters. The Labute approximate surface area is 78.7 Å². The molecule has 0 aromatic carbocycles. The summed E-state index contributed by atoms with van der Waals surface area (Å²) in [7, 11) is 0. The van der Waals surface area contributed by atoms with Gasteiger partial charge in [-0.05, 0) is 11.1 Å². The summed E-state index contributed by atoms with van der Waals surface area (Å²) in [5, 5.41) is 25.2. The minimum absolute atomic E-state index is 0.755. The number of rotatable bonds is 2. The van der Waals surface area contributed by atoms with E-state index in [0.29, 0.717) is 0 Å². The molecule has 0 bridgehead atoms. The van der Waals surface area contributed by atoms with Gasteiger partial charge in [0.25, 0.3) is 0 Å². The lowest BCUT2D eigenvalue weighted by Gasteiger charge is -2.28. The molecule has 0 aromatic rings. The van der Waals surface area contributed by atoms with Gasteiger partial charge < -0.3 is 10.2 Å². The van der Waals surface area contributed by atoms with Gasteiger partial charge in [0.05, 0.1) is 24.3 Å². The fraction of sp³-hybridized carbons (Fsp3) is 0.667. The molecule has 1 rings (SSSR count). The highest BCUT2D eigenvalue weighted by Crippen LogP contribution is 2.19. The summed E-state index contributed by atoms with van der Waals surface area (Å²) in [6, 6.07) is -1.72. The molecule has 0 radical (unpaired) electrons. The van der Waals surface area contributed by atoms with E-state index in [1.54, 1.807) is 0 Å². The van der Waals surface area contributed by atoms with E-state index in [9.17, 15) is 10.2 Å². The highest BCUT2D eigenvalue weighted by molar-refractivity contribution is 5.13. The summed E-state index contributed by atoms with van der Waals surface area (Å²) in [5.41, 5.74) is 16.4. The average molecular weight is 196 g/mol. The second kappa shape index (κ2) is 4.50. The molecule has 0 aromatic heterocycles. The zero-order chi connectivity index (χ0) is 10.6. The molecule has 4 atom stereocenters. The molecule has 0 amide bonds. The summed E-state index contributed by atoms with van der Waals surface area (Å²) in [5.74, 6) is 0. The van der Waals surface area contributed by atoms with E-state index in [-0.39, 0.29) is 0 Å². The van der Waals surface area contributed by atoms with E-state index >= 15 is 0 Å². The Hall–Kier alpha value is -1.72. The Morgan fingerprint density at radius 3 is 2.29 bits per heavy atom. The zero-order valence-corrected chi connectivity index (χ0v) is 7.04. The van der Waals surface area contributed by atoms with Crippen molar-refractivity contribution in [1.82, 2.24) is 0 Å². The maximum absolute atomic E-state index is 9.42. The van der Waals surface area contributed by atoms with Crippen molar-refractivity contribution >= 4 is 0 Å². The molecule has 2 N–H and O–H groups in total. The molecular formula is C6H8N6O2. The molecule has 8 heteroatoms. The minimum Gasteiger partial charge on any atom is -0.390 e. The maximum atomic E-state index is 9.42. The first-order chi connectivity index (χ1) is 6.70. The second-order valence-corrected chi connectivity index (χ2v) is 2.76. The number of hydrogen-bond acceptors (Lipinski definition) is 4. The Kier molecular flexibility index (Phi) is 3.33. The van der Waals surface area contributed by atoms with Crippen molar-refractivity contribution in [3.05, 3.63) is 33.0 Å². The largest absolute Gasteiger partial charge is 0.390 e. The van der Waals surface area contributed by atoms with Gasteiger partial charge in [0, 0.05) is 9.82 Å². The maximum Gasteiger partial charge on any atom is 0.0984 e. The minimum atomic E-state index is -1.24. The Bertz CT molecular complexity index is 329. The summed E-state index contributed by atoms with van der Waals surface area (Å²) in [6.45, 7) is 0. The van der Waals surface area contributed by atoms with Gasteiger partial charge in [-0.3, -0.25) is 0 Å². The number of aliphatic hydroxyl groups is 2. The molecule has 1 aliphatic rings. The van der Waals surface area contributed by atoms with E-state index in [0.717, 1.165) is 0 Å². The monoisotopic (exact) mass is 196 g/mol. The second-order valence-electron chi connectivity index (χ2n) is 2.76. The Morgan fingerprint density at radius 2 is 1.71 bits per heavy atom. The molecule has 0 saturated carbocycles. The average Bonchev–Trinajstić information content (AvgIpc) is 2.18. The molecule has 8 nitrogen and oxygen atoms in total. The van der Waals surface area contributed by atoms with E-state index < -0.39 is 24.3 Å². The highest BCUT2D eigenvalue weighted by Gasteiger charge is 2.32.